The predicted molar refractivity (Wildman–Crippen MR) is 151 cm³/mol. The van der Waals surface area contributed by atoms with Gasteiger partial charge < -0.3 is 27.1 Å². The molecule has 5 rings (SSSR count). The average Bonchev–Trinajstić information content (AvgIpc) is 2.95. The zero-order valence-electron chi connectivity index (χ0n) is 20.6. The van der Waals surface area contributed by atoms with Crippen LogP contribution >= 0.6 is 16.4 Å². The Labute approximate surface area is 228 Å². The Hall–Kier alpha value is -4.44. The number of phosphoric acid groups is 1. The van der Waals surface area contributed by atoms with Crippen LogP contribution in [0.15, 0.2) is 146 Å². The molecular formula is C30H24O7P2. The van der Waals surface area contributed by atoms with E-state index in [1.807, 2.05) is 72.8 Å². The van der Waals surface area contributed by atoms with Gasteiger partial charge in [0, 0.05) is 6.07 Å². The number of phosphoric ester groups is 1. The largest absolute Gasteiger partial charge is 0.647 e. The lowest BCUT2D eigenvalue weighted by Gasteiger charge is -2.20. The molecule has 0 atom stereocenters. The number of hydrogen-bond donors (Lipinski definition) is 0. The smallest absolute Gasteiger partial charge is 0.409 e. The first-order valence-electron chi connectivity index (χ1n) is 12.0. The monoisotopic (exact) mass is 558 g/mol. The van der Waals surface area contributed by atoms with Crippen LogP contribution in [0, 0.1) is 0 Å². The maximum absolute atomic E-state index is 13.8. The second-order valence-corrected chi connectivity index (χ2v) is 10.4. The number of benzene rings is 5. The zero-order chi connectivity index (χ0) is 26.8. The molecule has 0 aliphatic heterocycles. The van der Waals surface area contributed by atoms with Crippen molar-refractivity contribution < 1.29 is 31.7 Å². The Morgan fingerprint density at radius 1 is 0.385 bits per heavy atom. The molecule has 0 spiro atoms. The van der Waals surface area contributed by atoms with E-state index in [1.165, 1.54) is 0 Å². The molecule has 5 aromatic rings. The van der Waals surface area contributed by atoms with E-state index < -0.39 is 16.4 Å². The SMILES string of the molecule is O=P(Oc1ccccc1)(Oc1ccccc1)Oc1cccc(OP(Oc2ccccc2)Oc2ccccc2)c1. The van der Waals surface area contributed by atoms with Crippen LogP contribution in [0.1, 0.15) is 0 Å². The average molecular weight is 558 g/mol. The number of rotatable bonds is 12. The molecule has 0 aromatic heterocycles. The molecule has 0 unspecified atom stereocenters. The molecule has 0 aliphatic rings. The van der Waals surface area contributed by atoms with Crippen molar-refractivity contribution >= 4 is 16.4 Å². The molecular weight excluding hydrogens is 534 g/mol. The van der Waals surface area contributed by atoms with Crippen molar-refractivity contribution in [3.63, 3.8) is 0 Å². The lowest BCUT2D eigenvalue weighted by atomic mass is 10.3. The van der Waals surface area contributed by atoms with Crippen LogP contribution < -0.4 is 27.1 Å². The van der Waals surface area contributed by atoms with Crippen molar-refractivity contribution in [1.82, 2.24) is 0 Å². The zero-order valence-corrected chi connectivity index (χ0v) is 22.4. The van der Waals surface area contributed by atoms with Crippen LogP contribution in [0.4, 0.5) is 0 Å². The summed E-state index contributed by atoms with van der Waals surface area (Å²) >= 11 is 0. The molecule has 0 heterocycles. The maximum Gasteiger partial charge on any atom is 0.647 e. The summed E-state index contributed by atoms with van der Waals surface area (Å²) in [7, 11) is -6.06. The molecule has 5 aromatic carbocycles. The lowest BCUT2D eigenvalue weighted by molar-refractivity contribution is 0.298. The van der Waals surface area contributed by atoms with E-state index in [4.69, 9.17) is 27.1 Å². The van der Waals surface area contributed by atoms with Crippen LogP contribution in [0.5, 0.6) is 34.5 Å². The van der Waals surface area contributed by atoms with Gasteiger partial charge in [0.05, 0.1) is 0 Å². The third kappa shape index (κ3) is 8.02. The van der Waals surface area contributed by atoms with E-state index in [0.29, 0.717) is 28.7 Å². The highest BCUT2D eigenvalue weighted by molar-refractivity contribution is 7.49. The van der Waals surface area contributed by atoms with E-state index in [-0.39, 0.29) is 5.75 Å². The van der Waals surface area contributed by atoms with Crippen molar-refractivity contribution in [3.05, 3.63) is 146 Å². The molecule has 0 fully saturated rings. The van der Waals surface area contributed by atoms with Gasteiger partial charge in [0.1, 0.15) is 34.5 Å². The van der Waals surface area contributed by atoms with E-state index in [0.717, 1.165) is 0 Å². The van der Waals surface area contributed by atoms with E-state index >= 15 is 0 Å². The summed E-state index contributed by atoms with van der Waals surface area (Å²) in [4.78, 5) is 0. The molecule has 9 heteroatoms. The number of para-hydroxylation sites is 4. The van der Waals surface area contributed by atoms with Gasteiger partial charge in [0.25, 0.3) is 0 Å². The Kier molecular flexibility index (Phi) is 8.64. The highest BCUT2D eigenvalue weighted by atomic mass is 31.2. The van der Waals surface area contributed by atoms with Crippen molar-refractivity contribution in [3.8, 4) is 34.5 Å². The summed E-state index contributed by atoms with van der Waals surface area (Å²) in [5.41, 5.74) is 0. The van der Waals surface area contributed by atoms with Crippen molar-refractivity contribution in [2.45, 2.75) is 0 Å². The fourth-order valence-corrected chi connectivity index (χ4v) is 5.50. The number of hydrogen-bond acceptors (Lipinski definition) is 7. The molecule has 0 amide bonds. The fraction of sp³-hybridized carbons (Fsp3) is 0. The molecule has 196 valence electrons. The van der Waals surface area contributed by atoms with Crippen molar-refractivity contribution in [2.24, 2.45) is 0 Å². The minimum absolute atomic E-state index is 0.206. The first kappa shape index (κ1) is 26.2. The van der Waals surface area contributed by atoms with Gasteiger partial charge in [-0.3, -0.25) is 0 Å². The van der Waals surface area contributed by atoms with Gasteiger partial charge in [-0.15, -0.1) is 0 Å². The Morgan fingerprint density at radius 3 is 1.18 bits per heavy atom. The van der Waals surface area contributed by atoms with Gasteiger partial charge in [-0.05, 0) is 60.7 Å². The van der Waals surface area contributed by atoms with Gasteiger partial charge >= 0.3 is 16.4 Å². The van der Waals surface area contributed by atoms with Crippen LogP contribution in [-0.4, -0.2) is 0 Å². The molecule has 0 N–H and O–H groups in total. The van der Waals surface area contributed by atoms with Crippen molar-refractivity contribution in [1.29, 1.82) is 0 Å². The second kappa shape index (κ2) is 12.9. The van der Waals surface area contributed by atoms with Crippen molar-refractivity contribution in [2.75, 3.05) is 0 Å². The maximum atomic E-state index is 13.8. The van der Waals surface area contributed by atoms with E-state index in [2.05, 4.69) is 0 Å². The quantitative estimate of drug-likeness (QED) is 0.141. The summed E-state index contributed by atoms with van der Waals surface area (Å²) in [6.07, 6.45) is 0. The van der Waals surface area contributed by atoms with Gasteiger partial charge in [-0.25, -0.2) is 0 Å². The summed E-state index contributed by atoms with van der Waals surface area (Å²) < 4.78 is 49.1. The van der Waals surface area contributed by atoms with Crippen LogP contribution in [0.2, 0.25) is 0 Å². The minimum Gasteiger partial charge on any atom is -0.409 e. The third-order valence-electron chi connectivity index (χ3n) is 4.97. The Morgan fingerprint density at radius 2 is 0.718 bits per heavy atom. The highest BCUT2D eigenvalue weighted by Gasteiger charge is 2.33. The van der Waals surface area contributed by atoms with Gasteiger partial charge in [0.15, 0.2) is 0 Å². The second-order valence-electron chi connectivity index (χ2n) is 7.95. The Balaban J connectivity index is 1.37. The molecule has 0 radical (unpaired) electrons. The molecule has 0 bridgehead atoms. The Bertz CT molecular complexity index is 1400. The summed E-state index contributed by atoms with van der Waals surface area (Å²) in [6.45, 7) is 0. The first-order chi connectivity index (χ1) is 19.1. The molecule has 0 saturated carbocycles. The standard InChI is InChI=1S/C30H24O7P2/c31-39(35-27-18-9-3-10-19-27,36-28-20-11-4-12-21-28)37-30-23-13-22-29(24-30)34-38(32-25-14-5-1-6-15-25)33-26-16-7-2-8-17-26/h1-24H. The highest BCUT2D eigenvalue weighted by Crippen LogP contribution is 2.50. The lowest BCUT2D eigenvalue weighted by Crippen LogP contribution is -2.07. The van der Waals surface area contributed by atoms with Gasteiger partial charge in [0.2, 0.25) is 0 Å². The summed E-state index contributed by atoms with van der Waals surface area (Å²) in [5.74, 6) is 2.42. The minimum atomic E-state index is -4.16. The van der Waals surface area contributed by atoms with Gasteiger partial charge in [-0.1, -0.05) is 78.9 Å². The topological polar surface area (TPSA) is 72.5 Å². The normalized spacial score (nSPS) is 10.9. The molecule has 7 nitrogen and oxygen atoms in total. The summed E-state index contributed by atoms with van der Waals surface area (Å²) in [6, 6.07) is 42.4. The van der Waals surface area contributed by atoms with E-state index in [1.54, 1.807) is 72.8 Å². The fourth-order valence-electron chi connectivity index (χ4n) is 3.27. The van der Waals surface area contributed by atoms with E-state index in [9.17, 15) is 4.57 Å². The molecule has 0 saturated heterocycles. The summed E-state index contributed by atoms with van der Waals surface area (Å²) in [5, 5.41) is 0. The third-order valence-corrected chi connectivity index (χ3v) is 7.35. The van der Waals surface area contributed by atoms with Gasteiger partial charge in [-0.2, -0.15) is 4.57 Å². The van der Waals surface area contributed by atoms with Crippen LogP contribution in [-0.2, 0) is 4.57 Å². The predicted octanol–water partition coefficient (Wildman–Crippen LogP) is 9.10. The van der Waals surface area contributed by atoms with Crippen LogP contribution in [0.3, 0.4) is 0 Å². The molecule has 0 aliphatic carbocycles. The first-order valence-corrected chi connectivity index (χ1v) is 14.5. The molecule has 39 heavy (non-hydrogen) atoms. The van der Waals surface area contributed by atoms with Crippen LogP contribution in [0.25, 0.3) is 0 Å².